The van der Waals surface area contributed by atoms with Crippen molar-refractivity contribution < 1.29 is 13.6 Å². The SMILES string of the molecule is CC(C)N1CCCN(c2ccc(Nc3cc(NCc4cc(F)cc(F)c4)c(CC(N)=O)cn3)cc2)CC1. The van der Waals surface area contributed by atoms with Gasteiger partial charge in [0.05, 0.1) is 6.42 Å². The van der Waals surface area contributed by atoms with Crippen molar-refractivity contribution in [1.29, 1.82) is 0 Å². The normalized spacial score (nSPS) is 14.5. The lowest BCUT2D eigenvalue weighted by atomic mass is 10.1. The van der Waals surface area contributed by atoms with Gasteiger partial charge in [-0.2, -0.15) is 0 Å². The molecule has 4 N–H and O–H groups in total. The molecule has 3 aromatic rings. The summed E-state index contributed by atoms with van der Waals surface area (Å²) in [5, 5.41) is 6.44. The Labute approximate surface area is 216 Å². The number of carbonyl (C=O) groups excluding carboxylic acids is 1. The van der Waals surface area contributed by atoms with Crippen molar-refractivity contribution in [2.45, 2.75) is 39.3 Å². The Kier molecular flexibility index (Phi) is 8.55. The molecule has 2 heterocycles. The fraction of sp³-hybridized carbons (Fsp3) is 0.357. The summed E-state index contributed by atoms with van der Waals surface area (Å²) in [7, 11) is 0. The number of benzene rings is 2. The quantitative estimate of drug-likeness (QED) is 0.390. The molecule has 1 saturated heterocycles. The number of halogens is 2. The molecular weight excluding hydrogens is 474 g/mol. The number of nitrogens with one attached hydrogen (secondary N) is 2. The van der Waals surface area contributed by atoms with Gasteiger partial charge < -0.3 is 21.3 Å². The molecule has 0 spiro atoms. The number of pyridine rings is 1. The molecule has 1 aliphatic heterocycles. The first-order chi connectivity index (χ1) is 17.8. The highest BCUT2D eigenvalue weighted by Crippen LogP contribution is 2.25. The van der Waals surface area contributed by atoms with Gasteiger partial charge in [0.1, 0.15) is 17.5 Å². The zero-order valence-corrected chi connectivity index (χ0v) is 21.3. The molecule has 0 unspecified atom stereocenters. The molecular formula is C28H34F2N6O. The molecule has 37 heavy (non-hydrogen) atoms. The minimum Gasteiger partial charge on any atom is -0.381 e. The molecule has 1 aromatic heterocycles. The second-order valence-electron chi connectivity index (χ2n) is 9.64. The third kappa shape index (κ3) is 7.39. The standard InChI is InChI=1S/C28H34F2N6O/c1-19(2)35-8-3-9-36(11-10-35)25-6-4-24(5-7-25)34-28-16-26(21(18-33-28)14-27(31)37)32-17-20-12-22(29)15-23(30)13-20/h4-7,12-13,15-16,18-19H,3,8-11,14,17H2,1-2H3,(H2,31,37)(H2,32,33,34). The molecule has 0 saturated carbocycles. The van der Waals surface area contributed by atoms with Crippen molar-refractivity contribution in [3.8, 4) is 0 Å². The third-order valence-corrected chi connectivity index (χ3v) is 6.52. The Balaban J connectivity index is 1.45. The maximum Gasteiger partial charge on any atom is 0.221 e. The van der Waals surface area contributed by atoms with Crippen molar-refractivity contribution in [2.24, 2.45) is 5.73 Å². The minimum absolute atomic E-state index is 0.00804. The molecule has 1 amide bonds. The predicted molar refractivity (Wildman–Crippen MR) is 144 cm³/mol. The number of nitrogens with two attached hydrogens (primary N) is 1. The number of amides is 1. The lowest BCUT2D eigenvalue weighted by Crippen LogP contribution is -2.35. The highest BCUT2D eigenvalue weighted by molar-refractivity contribution is 5.79. The summed E-state index contributed by atoms with van der Waals surface area (Å²) in [6.45, 7) is 8.86. The van der Waals surface area contributed by atoms with Gasteiger partial charge in [-0.1, -0.05) is 0 Å². The zero-order valence-electron chi connectivity index (χ0n) is 21.3. The van der Waals surface area contributed by atoms with Gasteiger partial charge in [0, 0.05) is 79.7 Å². The van der Waals surface area contributed by atoms with E-state index in [4.69, 9.17) is 5.73 Å². The van der Waals surface area contributed by atoms with E-state index in [-0.39, 0.29) is 13.0 Å². The van der Waals surface area contributed by atoms with E-state index < -0.39 is 17.5 Å². The van der Waals surface area contributed by atoms with Gasteiger partial charge in [0.25, 0.3) is 0 Å². The van der Waals surface area contributed by atoms with Gasteiger partial charge in [-0.3, -0.25) is 9.69 Å². The van der Waals surface area contributed by atoms with Gasteiger partial charge in [-0.05, 0) is 62.2 Å². The van der Waals surface area contributed by atoms with Crippen LogP contribution in [0.2, 0.25) is 0 Å². The minimum atomic E-state index is -0.646. The summed E-state index contributed by atoms with van der Waals surface area (Å²) in [5.41, 5.74) is 9.10. The van der Waals surface area contributed by atoms with Gasteiger partial charge in [0.15, 0.2) is 0 Å². The van der Waals surface area contributed by atoms with E-state index in [0.29, 0.717) is 28.7 Å². The van der Waals surface area contributed by atoms with Crippen molar-refractivity contribution in [3.63, 3.8) is 0 Å². The van der Waals surface area contributed by atoms with Crippen LogP contribution in [0.15, 0.2) is 54.7 Å². The molecule has 4 rings (SSSR count). The number of rotatable bonds is 9. The van der Waals surface area contributed by atoms with Crippen molar-refractivity contribution in [3.05, 3.63) is 77.5 Å². The van der Waals surface area contributed by atoms with E-state index in [1.54, 1.807) is 12.3 Å². The van der Waals surface area contributed by atoms with Gasteiger partial charge in [0.2, 0.25) is 5.91 Å². The maximum atomic E-state index is 13.6. The van der Waals surface area contributed by atoms with Crippen LogP contribution in [0.4, 0.5) is 31.7 Å². The van der Waals surface area contributed by atoms with E-state index in [0.717, 1.165) is 44.4 Å². The molecule has 0 atom stereocenters. The first kappa shape index (κ1) is 26.3. The maximum absolute atomic E-state index is 13.6. The smallest absolute Gasteiger partial charge is 0.221 e. The third-order valence-electron chi connectivity index (χ3n) is 6.52. The molecule has 0 radical (unpaired) electrons. The van der Waals surface area contributed by atoms with Crippen LogP contribution in [0.1, 0.15) is 31.4 Å². The van der Waals surface area contributed by atoms with Gasteiger partial charge in [-0.25, -0.2) is 13.8 Å². The fourth-order valence-corrected chi connectivity index (χ4v) is 4.57. The lowest BCUT2D eigenvalue weighted by molar-refractivity contribution is -0.117. The average Bonchev–Trinajstić information content (AvgIpc) is 3.10. The average molecular weight is 509 g/mol. The number of aromatic nitrogens is 1. The van der Waals surface area contributed by atoms with Crippen LogP contribution in [-0.2, 0) is 17.8 Å². The summed E-state index contributed by atoms with van der Waals surface area (Å²) in [4.78, 5) is 20.9. The summed E-state index contributed by atoms with van der Waals surface area (Å²) >= 11 is 0. The molecule has 1 aliphatic rings. The summed E-state index contributed by atoms with van der Waals surface area (Å²) < 4.78 is 27.1. The van der Waals surface area contributed by atoms with E-state index in [1.165, 1.54) is 17.8 Å². The molecule has 0 bridgehead atoms. The van der Waals surface area contributed by atoms with E-state index in [9.17, 15) is 13.6 Å². The van der Waals surface area contributed by atoms with Crippen LogP contribution in [-0.4, -0.2) is 48.0 Å². The summed E-state index contributed by atoms with van der Waals surface area (Å²) in [5.74, 6) is -1.22. The van der Waals surface area contributed by atoms with Crippen LogP contribution in [0.3, 0.4) is 0 Å². The van der Waals surface area contributed by atoms with Crippen molar-refractivity contribution >= 4 is 28.8 Å². The Morgan fingerprint density at radius 3 is 2.43 bits per heavy atom. The van der Waals surface area contributed by atoms with Crippen molar-refractivity contribution in [1.82, 2.24) is 9.88 Å². The van der Waals surface area contributed by atoms with Crippen LogP contribution in [0.5, 0.6) is 0 Å². The van der Waals surface area contributed by atoms with Crippen LogP contribution in [0, 0.1) is 11.6 Å². The summed E-state index contributed by atoms with van der Waals surface area (Å²) in [6, 6.07) is 13.9. The number of hydrogen-bond donors (Lipinski definition) is 3. The highest BCUT2D eigenvalue weighted by Gasteiger charge is 2.17. The van der Waals surface area contributed by atoms with Gasteiger partial charge >= 0.3 is 0 Å². The predicted octanol–water partition coefficient (Wildman–Crippen LogP) is 4.66. The zero-order chi connectivity index (χ0) is 26.4. The first-order valence-electron chi connectivity index (χ1n) is 12.6. The number of nitrogens with zero attached hydrogens (tertiary/aromatic N) is 3. The second-order valence-corrected chi connectivity index (χ2v) is 9.64. The Morgan fingerprint density at radius 2 is 1.76 bits per heavy atom. The van der Waals surface area contributed by atoms with Crippen molar-refractivity contribution in [2.75, 3.05) is 41.7 Å². The Morgan fingerprint density at radius 1 is 1.03 bits per heavy atom. The monoisotopic (exact) mass is 508 g/mol. The lowest BCUT2D eigenvalue weighted by Gasteiger charge is -2.26. The number of hydrogen-bond acceptors (Lipinski definition) is 6. The number of carbonyl (C=O) groups is 1. The van der Waals surface area contributed by atoms with Crippen LogP contribution < -0.4 is 21.3 Å². The summed E-state index contributed by atoms with van der Waals surface area (Å²) in [6.07, 6.45) is 2.71. The number of anilines is 4. The molecule has 1 fully saturated rings. The van der Waals surface area contributed by atoms with E-state index in [2.05, 4.69) is 51.4 Å². The molecule has 9 heteroatoms. The van der Waals surface area contributed by atoms with E-state index >= 15 is 0 Å². The Bertz CT molecular complexity index is 1200. The molecule has 2 aromatic carbocycles. The largest absolute Gasteiger partial charge is 0.381 e. The highest BCUT2D eigenvalue weighted by atomic mass is 19.1. The second kappa shape index (κ2) is 12.0. The fourth-order valence-electron chi connectivity index (χ4n) is 4.57. The molecule has 196 valence electrons. The Hall–Kier alpha value is -3.72. The topological polar surface area (TPSA) is 86.5 Å². The van der Waals surface area contributed by atoms with Gasteiger partial charge in [-0.15, -0.1) is 0 Å². The molecule has 7 nitrogen and oxygen atoms in total. The van der Waals surface area contributed by atoms with Crippen LogP contribution in [0.25, 0.3) is 0 Å². The number of primary amides is 1. The van der Waals surface area contributed by atoms with E-state index in [1.807, 2.05) is 12.1 Å². The molecule has 0 aliphatic carbocycles. The first-order valence-corrected chi connectivity index (χ1v) is 12.6. The van der Waals surface area contributed by atoms with Crippen LogP contribution >= 0.6 is 0 Å².